The predicted molar refractivity (Wildman–Crippen MR) is 84.9 cm³/mol. The number of nitrogens with one attached hydrogen (secondary N) is 1. The van der Waals surface area contributed by atoms with Gasteiger partial charge in [-0.25, -0.2) is 0 Å². The minimum absolute atomic E-state index is 0.200. The van der Waals surface area contributed by atoms with Crippen LogP contribution in [-0.4, -0.2) is 42.5 Å². The van der Waals surface area contributed by atoms with E-state index < -0.39 is 0 Å². The summed E-state index contributed by atoms with van der Waals surface area (Å²) in [6, 6.07) is 0.701. The molecule has 1 spiro atoms. The fourth-order valence-corrected chi connectivity index (χ4v) is 4.26. The number of hydrogen-bond acceptors (Lipinski definition) is 3. The molecule has 1 unspecified atom stereocenters. The number of hydrogen-bond donors (Lipinski definition) is 2. The molecule has 0 radical (unpaired) electrons. The molecule has 4 heteroatoms. The van der Waals surface area contributed by atoms with Gasteiger partial charge in [0.15, 0.2) is 0 Å². The lowest BCUT2D eigenvalue weighted by Gasteiger charge is -2.46. The van der Waals surface area contributed by atoms with Crippen LogP contribution < -0.4 is 11.1 Å². The Labute approximate surface area is 128 Å². The number of carbonyl (C=O) groups is 1. The lowest BCUT2D eigenvalue weighted by atomic mass is 9.68. The lowest BCUT2D eigenvalue weighted by Crippen LogP contribution is -2.50. The van der Waals surface area contributed by atoms with E-state index >= 15 is 0 Å². The minimum atomic E-state index is 0.200. The first-order chi connectivity index (χ1) is 10.2. The van der Waals surface area contributed by atoms with Gasteiger partial charge in [-0.15, -0.1) is 0 Å². The van der Waals surface area contributed by atoms with Gasteiger partial charge in [0.25, 0.3) is 0 Å². The summed E-state index contributed by atoms with van der Waals surface area (Å²) in [6.45, 7) is 2.88. The molecule has 3 fully saturated rings. The minimum Gasteiger partial charge on any atom is -0.353 e. The summed E-state index contributed by atoms with van der Waals surface area (Å²) < 4.78 is 0. The second-order valence-electron chi connectivity index (χ2n) is 7.53. The Bertz CT molecular complexity index is 351. The van der Waals surface area contributed by atoms with Crippen molar-refractivity contribution in [2.45, 2.75) is 76.3 Å². The molecule has 4 nitrogen and oxygen atoms in total. The zero-order chi connectivity index (χ0) is 14.7. The van der Waals surface area contributed by atoms with Crippen molar-refractivity contribution in [2.75, 3.05) is 19.6 Å². The van der Waals surface area contributed by atoms with Crippen molar-refractivity contribution in [2.24, 2.45) is 11.1 Å². The van der Waals surface area contributed by atoms with Crippen LogP contribution in [0.4, 0.5) is 0 Å². The normalized spacial score (nSPS) is 27.5. The Kier molecular flexibility index (Phi) is 4.85. The average Bonchev–Trinajstić information content (AvgIpc) is 3.31. The van der Waals surface area contributed by atoms with Crippen LogP contribution in [0.1, 0.15) is 64.2 Å². The molecule has 2 aliphatic carbocycles. The first-order valence-corrected chi connectivity index (χ1v) is 8.94. The Hall–Kier alpha value is -0.610. The van der Waals surface area contributed by atoms with Gasteiger partial charge in [-0.05, 0) is 57.0 Å². The molecule has 0 aromatic carbocycles. The van der Waals surface area contributed by atoms with Crippen LogP contribution in [0.5, 0.6) is 0 Å². The molecule has 21 heavy (non-hydrogen) atoms. The van der Waals surface area contributed by atoms with Crippen LogP contribution in [0.25, 0.3) is 0 Å². The Morgan fingerprint density at radius 3 is 2.38 bits per heavy atom. The molecule has 0 aromatic rings. The molecule has 2 saturated carbocycles. The maximum absolute atomic E-state index is 12.0. The highest BCUT2D eigenvalue weighted by Crippen LogP contribution is 2.44. The van der Waals surface area contributed by atoms with E-state index in [1.54, 1.807) is 0 Å². The molecule has 0 aromatic heterocycles. The zero-order valence-corrected chi connectivity index (χ0v) is 13.3. The summed E-state index contributed by atoms with van der Waals surface area (Å²) in [5.41, 5.74) is 6.58. The molecule has 1 aliphatic heterocycles. The standard InChI is InChI=1S/C17H31N3O/c18-13-15(12-16(21)19-14-4-5-14)20-10-8-17(9-11-20)6-2-1-3-7-17/h14-15H,1-13,18H2,(H,19,21). The van der Waals surface area contributed by atoms with Crippen LogP contribution in [0.3, 0.4) is 0 Å². The third-order valence-electron chi connectivity index (χ3n) is 5.92. The number of likely N-dealkylation sites (tertiary alicyclic amines) is 1. The molecule has 1 saturated heterocycles. The van der Waals surface area contributed by atoms with E-state index in [-0.39, 0.29) is 11.9 Å². The maximum atomic E-state index is 12.0. The number of amides is 1. The third kappa shape index (κ3) is 3.98. The van der Waals surface area contributed by atoms with Crippen LogP contribution in [-0.2, 0) is 4.79 Å². The number of carbonyl (C=O) groups excluding carboxylic acids is 1. The Morgan fingerprint density at radius 2 is 1.81 bits per heavy atom. The fourth-order valence-electron chi connectivity index (χ4n) is 4.26. The van der Waals surface area contributed by atoms with Gasteiger partial charge in [0, 0.05) is 25.0 Å². The van der Waals surface area contributed by atoms with Gasteiger partial charge < -0.3 is 11.1 Å². The highest BCUT2D eigenvalue weighted by molar-refractivity contribution is 5.77. The molecular formula is C17H31N3O. The summed E-state index contributed by atoms with van der Waals surface area (Å²) in [6.07, 6.45) is 12.6. The summed E-state index contributed by atoms with van der Waals surface area (Å²) in [4.78, 5) is 14.5. The SMILES string of the molecule is NCC(CC(=O)NC1CC1)N1CCC2(CCCCC2)CC1. The van der Waals surface area contributed by atoms with Crippen LogP contribution >= 0.6 is 0 Å². The first kappa shape index (κ1) is 15.3. The van der Waals surface area contributed by atoms with Crippen molar-refractivity contribution in [3.05, 3.63) is 0 Å². The van der Waals surface area contributed by atoms with Gasteiger partial charge in [-0.2, -0.15) is 0 Å². The Balaban J connectivity index is 1.47. The van der Waals surface area contributed by atoms with E-state index in [9.17, 15) is 4.79 Å². The van der Waals surface area contributed by atoms with Gasteiger partial charge in [0.2, 0.25) is 5.91 Å². The number of piperidine rings is 1. The van der Waals surface area contributed by atoms with E-state index in [1.165, 1.54) is 44.9 Å². The van der Waals surface area contributed by atoms with Gasteiger partial charge in [0.1, 0.15) is 0 Å². The van der Waals surface area contributed by atoms with E-state index in [1.807, 2.05) is 0 Å². The van der Waals surface area contributed by atoms with E-state index in [0.29, 0.717) is 24.4 Å². The zero-order valence-electron chi connectivity index (χ0n) is 13.3. The van der Waals surface area contributed by atoms with E-state index in [0.717, 1.165) is 25.9 Å². The lowest BCUT2D eigenvalue weighted by molar-refractivity contribution is -0.122. The molecule has 1 amide bonds. The molecule has 1 heterocycles. The quantitative estimate of drug-likeness (QED) is 0.815. The topological polar surface area (TPSA) is 58.4 Å². The molecular weight excluding hydrogens is 262 g/mol. The summed E-state index contributed by atoms with van der Waals surface area (Å²) in [7, 11) is 0. The van der Waals surface area contributed by atoms with E-state index in [2.05, 4.69) is 10.2 Å². The summed E-state index contributed by atoms with van der Waals surface area (Å²) >= 11 is 0. The smallest absolute Gasteiger partial charge is 0.221 e. The highest BCUT2D eigenvalue weighted by atomic mass is 16.1. The van der Waals surface area contributed by atoms with Crippen molar-refractivity contribution < 1.29 is 4.79 Å². The monoisotopic (exact) mass is 293 g/mol. The van der Waals surface area contributed by atoms with Gasteiger partial charge >= 0.3 is 0 Å². The van der Waals surface area contributed by atoms with Crippen molar-refractivity contribution in [3.8, 4) is 0 Å². The molecule has 3 N–H and O–H groups in total. The molecule has 3 rings (SSSR count). The van der Waals surface area contributed by atoms with Crippen LogP contribution in [0, 0.1) is 5.41 Å². The number of nitrogens with zero attached hydrogens (tertiary/aromatic N) is 1. The van der Waals surface area contributed by atoms with Crippen molar-refractivity contribution >= 4 is 5.91 Å². The van der Waals surface area contributed by atoms with Crippen LogP contribution in [0.2, 0.25) is 0 Å². The average molecular weight is 293 g/mol. The summed E-state index contributed by atoms with van der Waals surface area (Å²) in [5.74, 6) is 0.200. The van der Waals surface area contributed by atoms with E-state index in [4.69, 9.17) is 5.73 Å². The van der Waals surface area contributed by atoms with Crippen molar-refractivity contribution in [1.29, 1.82) is 0 Å². The largest absolute Gasteiger partial charge is 0.353 e. The maximum Gasteiger partial charge on any atom is 0.221 e. The molecule has 0 bridgehead atoms. The number of nitrogens with two attached hydrogens (primary N) is 1. The highest BCUT2D eigenvalue weighted by Gasteiger charge is 2.37. The Morgan fingerprint density at radius 1 is 1.14 bits per heavy atom. The fraction of sp³-hybridized carbons (Fsp3) is 0.941. The first-order valence-electron chi connectivity index (χ1n) is 8.94. The second-order valence-corrected chi connectivity index (χ2v) is 7.53. The van der Waals surface area contributed by atoms with Crippen molar-refractivity contribution in [1.82, 2.24) is 10.2 Å². The van der Waals surface area contributed by atoms with Gasteiger partial charge in [0.05, 0.1) is 0 Å². The van der Waals surface area contributed by atoms with Gasteiger partial charge in [-0.1, -0.05) is 19.3 Å². The predicted octanol–water partition coefficient (Wildman–Crippen LogP) is 2.03. The molecule has 120 valence electrons. The van der Waals surface area contributed by atoms with Crippen molar-refractivity contribution in [3.63, 3.8) is 0 Å². The molecule has 1 atom stereocenters. The second kappa shape index (κ2) is 6.66. The van der Waals surface area contributed by atoms with Crippen LogP contribution in [0.15, 0.2) is 0 Å². The molecule has 3 aliphatic rings. The summed E-state index contributed by atoms with van der Waals surface area (Å²) in [5, 5.41) is 3.09. The van der Waals surface area contributed by atoms with Gasteiger partial charge in [-0.3, -0.25) is 9.69 Å². The number of rotatable bonds is 5. The third-order valence-corrected chi connectivity index (χ3v) is 5.92.